The lowest BCUT2D eigenvalue weighted by Crippen LogP contribution is -2.23. The minimum atomic E-state index is 0.397. The first-order valence-corrected chi connectivity index (χ1v) is 8.23. The van der Waals surface area contributed by atoms with Crippen molar-refractivity contribution in [1.29, 1.82) is 0 Å². The first-order chi connectivity index (χ1) is 11.3. The first kappa shape index (κ1) is 14.5. The summed E-state index contributed by atoms with van der Waals surface area (Å²) in [6.45, 7) is 0. The summed E-state index contributed by atoms with van der Waals surface area (Å²) in [6, 6.07) is 8.34. The molecule has 1 aliphatic rings. The van der Waals surface area contributed by atoms with Crippen molar-refractivity contribution in [2.75, 3.05) is 5.32 Å². The predicted octanol–water partition coefficient (Wildman–Crippen LogP) is 4.23. The Hall–Kier alpha value is -2.14. The Bertz CT molecular complexity index is 823. The summed E-state index contributed by atoms with van der Waals surface area (Å²) in [4.78, 5) is 8.93. The van der Waals surface area contributed by atoms with E-state index in [0.29, 0.717) is 22.7 Å². The van der Waals surface area contributed by atoms with E-state index in [1.54, 1.807) is 6.20 Å². The van der Waals surface area contributed by atoms with Crippen LogP contribution in [0.15, 0.2) is 30.5 Å². The van der Waals surface area contributed by atoms with Crippen molar-refractivity contribution in [2.24, 2.45) is 0 Å². The zero-order chi connectivity index (χ0) is 15.6. The Morgan fingerprint density at radius 1 is 1.22 bits per heavy atom. The second kappa shape index (κ2) is 6.16. The summed E-state index contributed by atoms with van der Waals surface area (Å²) in [5.41, 5.74) is 2.38. The summed E-state index contributed by atoms with van der Waals surface area (Å²) in [6.07, 6.45) is 8.56. The van der Waals surface area contributed by atoms with Crippen molar-refractivity contribution in [3.63, 3.8) is 0 Å². The zero-order valence-corrected chi connectivity index (χ0v) is 13.3. The quantitative estimate of drug-likeness (QED) is 0.755. The van der Waals surface area contributed by atoms with Crippen LogP contribution in [-0.4, -0.2) is 26.2 Å². The van der Waals surface area contributed by atoms with Gasteiger partial charge in [-0.2, -0.15) is 5.10 Å². The van der Waals surface area contributed by atoms with Gasteiger partial charge < -0.3 is 5.32 Å². The molecule has 0 aliphatic heterocycles. The fourth-order valence-corrected chi connectivity index (χ4v) is 3.19. The van der Waals surface area contributed by atoms with Gasteiger partial charge in [0, 0.05) is 11.4 Å². The standard InChI is InChI=1S/C17H17ClN5/c18-13-10-19-17(20-11-6-2-1-3-7-11)21-16(13)15-12-8-4-5-9-14(12)22-23-15/h2,4-5,8-11H,1,3,6-7H2,(H,22,23)(H,19,20,21)/t11-/m1/s1. The van der Waals surface area contributed by atoms with Crippen LogP contribution in [0.25, 0.3) is 22.3 Å². The number of rotatable bonds is 3. The fraction of sp³-hybridized carbons (Fsp3) is 0.294. The number of para-hydroxylation sites is 1. The minimum Gasteiger partial charge on any atom is -0.351 e. The van der Waals surface area contributed by atoms with Crippen molar-refractivity contribution in [3.05, 3.63) is 41.9 Å². The lowest BCUT2D eigenvalue weighted by Gasteiger charge is -2.22. The first-order valence-electron chi connectivity index (χ1n) is 7.85. The van der Waals surface area contributed by atoms with Crippen LogP contribution in [0.4, 0.5) is 5.95 Å². The Balaban J connectivity index is 1.69. The Kier molecular flexibility index (Phi) is 3.87. The van der Waals surface area contributed by atoms with Crippen molar-refractivity contribution >= 4 is 28.5 Å². The van der Waals surface area contributed by atoms with E-state index in [2.05, 4.69) is 31.9 Å². The van der Waals surface area contributed by atoms with Crippen LogP contribution < -0.4 is 5.32 Å². The van der Waals surface area contributed by atoms with Crippen LogP contribution in [0, 0.1) is 6.42 Å². The summed E-state index contributed by atoms with van der Waals surface area (Å²) < 4.78 is 0. The molecule has 2 N–H and O–H groups in total. The number of H-pyrrole nitrogens is 1. The van der Waals surface area contributed by atoms with E-state index in [0.717, 1.165) is 29.4 Å². The van der Waals surface area contributed by atoms with Gasteiger partial charge in [-0.25, -0.2) is 9.97 Å². The van der Waals surface area contributed by atoms with Crippen molar-refractivity contribution in [2.45, 2.75) is 31.7 Å². The highest BCUT2D eigenvalue weighted by Crippen LogP contribution is 2.30. The van der Waals surface area contributed by atoms with E-state index in [-0.39, 0.29) is 0 Å². The van der Waals surface area contributed by atoms with Crippen LogP contribution in [0.3, 0.4) is 0 Å². The van der Waals surface area contributed by atoms with Gasteiger partial charge in [-0.1, -0.05) is 42.6 Å². The molecule has 5 nitrogen and oxygen atoms in total. The molecule has 6 heteroatoms. The number of hydrogen-bond acceptors (Lipinski definition) is 4. The number of nitrogens with zero attached hydrogens (tertiary/aromatic N) is 3. The van der Waals surface area contributed by atoms with E-state index < -0.39 is 0 Å². The molecule has 117 valence electrons. The molecule has 4 rings (SSSR count). The van der Waals surface area contributed by atoms with Gasteiger partial charge >= 0.3 is 0 Å². The molecule has 0 amide bonds. The predicted molar refractivity (Wildman–Crippen MR) is 92.3 cm³/mol. The topological polar surface area (TPSA) is 66.5 Å². The van der Waals surface area contributed by atoms with Crippen LogP contribution >= 0.6 is 11.6 Å². The summed E-state index contributed by atoms with van der Waals surface area (Å²) in [5.74, 6) is 0.608. The van der Waals surface area contributed by atoms with E-state index in [1.807, 2.05) is 24.3 Å². The van der Waals surface area contributed by atoms with Crippen LogP contribution in [0.2, 0.25) is 5.02 Å². The number of anilines is 1. The van der Waals surface area contributed by atoms with E-state index in [4.69, 9.17) is 11.6 Å². The monoisotopic (exact) mass is 326 g/mol. The van der Waals surface area contributed by atoms with Gasteiger partial charge in [0.25, 0.3) is 0 Å². The van der Waals surface area contributed by atoms with Crippen molar-refractivity contribution in [3.8, 4) is 11.4 Å². The number of hydrogen-bond donors (Lipinski definition) is 2. The lowest BCUT2D eigenvalue weighted by molar-refractivity contribution is 0.536. The minimum absolute atomic E-state index is 0.397. The Morgan fingerprint density at radius 2 is 2.13 bits per heavy atom. The number of aromatic nitrogens is 4. The van der Waals surface area contributed by atoms with E-state index >= 15 is 0 Å². The van der Waals surface area contributed by atoms with Gasteiger partial charge in [0.2, 0.25) is 5.95 Å². The highest BCUT2D eigenvalue weighted by molar-refractivity contribution is 6.33. The summed E-state index contributed by atoms with van der Waals surface area (Å²) >= 11 is 6.32. The van der Waals surface area contributed by atoms with Gasteiger partial charge in [0.05, 0.1) is 16.7 Å². The Labute approximate surface area is 139 Å². The summed E-state index contributed by atoms with van der Waals surface area (Å²) in [5, 5.41) is 12.3. The average molecular weight is 327 g/mol. The molecule has 0 saturated heterocycles. The molecule has 1 saturated carbocycles. The third-order valence-electron chi connectivity index (χ3n) is 4.18. The maximum Gasteiger partial charge on any atom is 0.223 e. The highest BCUT2D eigenvalue weighted by Gasteiger charge is 2.17. The number of halogens is 1. The molecule has 2 heterocycles. The second-order valence-electron chi connectivity index (χ2n) is 5.80. The smallest absolute Gasteiger partial charge is 0.223 e. The zero-order valence-electron chi connectivity index (χ0n) is 12.6. The molecular formula is C17H17ClN5. The maximum atomic E-state index is 6.32. The second-order valence-corrected chi connectivity index (χ2v) is 6.21. The van der Waals surface area contributed by atoms with E-state index in [1.165, 1.54) is 12.8 Å². The number of aromatic amines is 1. The van der Waals surface area contributed by atoms with Crippen molar-refractivity contribution in [1.82, 2.24) is 20.2 Å². The fourth-order valence-electron chi connectivity index (χ4n) is 3.01. The third kappa shape index (κ3) is 2.88. The van der Waals surface area contributed by atoms with Gasteiger partial charge in [-0.15, -0.1) is 0 Å². The molecule has 1 aromatic carbocycles. The van der Waals surface area contributed by atoms with Gasteiger partial charge in [-0.05, 0) is 25.3 Å². The molecule has 1 aliphatic carbocycles. The van der Waals surface area contributed by atoms with Crippen molar-refractivity contribution < 1.29 is 0 Å². The molecule has 0 bridgehead atoms. The Morgan fingerprint density at radius 3 is 3.00 bits per heavy atom. The lowest BCUT2D eigenvalue weighted by atomic mass is 9.96. The molecule has 1 radical (unpaired) electrons. The van der Waals surface area contributed by atoms with Gasteiger partial charge in [0.15, 0.2) is 0 Å². The summed E-state index contributed by atoms with van der Waals surface area (Å²) in [7, 11) is 0. The third-order valence-corrected chi connectivity index (χ3v) is 4.46. The molecule has 23 heavy (non-hydrogen) atoms. The molecule has 0 unspecified atom stereocenters. The molecular weight excluding hydrogens is 310 g/mol. The van der Waals surface area contributed by atoms with Crippen LogP contribution in [0.1, 0.15) is 25.7 Å². The number of fused-ring (bicyclic) bond motifs is 1. The highest BCUT2D eigenvalue weighted by atomic mass is 35.5. The van der Waals surface area contributed by atoms with Crippen LogP contribution in [0.5, 0.6) is 0 Å². The van der Waals surface area contributed by atoms with E-state index in [9.17, 15) is 0 Å². The maximum absolute atomic E-state index is 6.32. The number of benzene rings is 1. The van der Waals surface area contributed by atoms with Gasteiger partial charge in [-0.3, -0.25) is 5.10 Å². The molecule has 1 fully saturated rings. The molecule has 0 spiro atoms. The SMILES string of the molecule is Clc1cnc(N[C@@H]2C[CH]CCC2)nc1-c1n[nH]c2ccccc12. The molecule has 1 atom stereocenters. The largest absolute Gasteiger partial charge is 0.351 e. The average Bonchev–Trinajstić information content (AvgIpc) is 3.01. The number of nitrogens with one attached hydrogen (secondary N) is 2. The van der Waals surface area contributed by atoms with Crippen LogP contribution in [-0.2, 0) is 0 Å². The normalized spacial score (nSPS) is 15.9. The van der Waals surface area contributed by atoms with Gasteiger partial charge in [0.1, 0.15) is 11.4 Å². The molecule has 2 aromatic heterocycles. The molecule has 3 aromatic rings.